The normalized spacial score (nSPS) is 23.7. The Hall–Kier alpha value is -0.950. The molecule has 2 rings (SSSR count). The number of aromatic nitrogens is 2. The van der Waals surface area contributed by atoms with Crippen LogP contribution >= 0.6 is 0 Å². The van der Waals surface area contributed by atoms with Gasteiger partial charge in [-0.2, -0.15) is 4.98 Å². The fourth-order valence-electron chi connectivity index (χ4n) is 1.86. The molecule has 2 heterocycles. The molecule has 0 radical (unpaired) electrons. The number of rotatable bonds is 4. The summed E-state index contributed by atoms with van der Waals surface area (Å²) in [5, 5.41) is 12.4. The van der Waals surface area contributed by atoms with Gasteiger partial charge in [0.05, 0.1) is 24.5 Å². The van der Waals surface area contributed by atoms with Gasteiger partial charge in [-0.1, -0.05) is 5.16 Å². The summed E-state index contributed by atoms with van der Waals surface area (Å²) < 4.78 is 27.4. The molecular formula is C9H14N2O4S. The fourth-order valence-corrected chi connectivity index (χ4v) is 3.72. The standard InChI is InChI=1S/C9H14N2O4S/c12-3-1-9-10-8(11-15-9)5-7-2-4-16(13,14)6-7/h7,12H,1-6H2. The van der Waals surface area contributed by atoms with Gasteiger partial charge >= 0.3 is 0 Å². The summed E-state index contributed by atoms with van der Waals surface area (Å²) in [6, 6.07) is 0. The van der Waals surface area contributed by atoms with Gasteiger partial charge in [0.15, 0.2) is 15.7 Å². The van der Waals surface area contributed by atoms with Gasteiger partial charge in [0.2, 0.25) is 5.89 Å². The Morgan fingerprint density at radius 2 is 2.31 bits per heavy atom. The summed E-state index contributed by atoms with van der Waals surface area (Å²) in [5.74, 6) is 1.52. The maximum absolute atomic E-state index is 11.2. The number of aliphatic hydroxyl groups is 1. The first kappa shape index (κ1) is 11.5. The van der Waals surface area contributed by atoms with Gasteiger partial charge in [-0.05, 0) is 12.3 Å². The van der Waals surface area contributed by atoms with Crippen molar-refractivity contribution in [3.8, 4) is 0 Å². The zero-order valence-electron chi connectivity index (χ0n) is 8.79. The van der Waals surface area contributed by atoms with Gasteiger partial charge in [0, 0.05) is 6.42 Å². The molecule has 0 spiro atoms. The van der Waals surface area contributed by atoms with Crippen LogP contribution in [0, 0.1) is 5.92 Å². The highest BCUT2D eigenvalue weighted by Gasteiger charge is 2.29. The van der Waals surface area contributed by atoms with E-state index in [0.717, 1.165) is 0 Å². The third kappa shape index (κ3) is 2.79. The lowest BCUT2D eigenvalue weighted by Crippen LogP contribution is -2.08. The molecule has 1 N–H and O–H groups in total. The molecule has 6 nitrogen and oxygen atoms in total. The third-order valence-corrected chi connectivity index (χ3v) is 4.47. The van der Waals surface area contributed by atoms with Crippen molar-refractivity contribution in [2.45, 2.75) is 19.3 Å². The molecule has 1 aliphatic rings. The molecule has 1 aromatic heterocycles. The molecule has 1 aliphatic heterocycles. The zero-order chi connectivity index (χ0) is 11.6. The van der Waals surface area contributed by atoms with E-state index in [1.807, 2.05) is 0 Å². The van der Waals surface area contributed by atoms with E-state index < -0.39 is 9.84 Å². The predicted molar refractivity (Wildman–Crippen MR) is 55.6 cm³/mol. The Morgan fingerprint density at radius 3 is 2.94 bits per heavy atom. The summed E-state index contributed by atoms with van der Waals surface area (Å²) in [5.41, 5.74) is 0. The average Bonchev–Trinajstić information content (AvgIpc) is 2.75. The summed E-state index contributed by atoms with van der Waals surface area (Å²) in [6.45, 7) is -0.0283. The first-order chi connectivity index (χ1) is 7.59. The Bertz CT molecular complexity index is 454. The first-order valence-corrected chi connectivity index (χ1v) is 7.04. The highest BCUT2D eigenvalue weighted by molar-refractivity contribution is 7.91. The van der Waals surface area contributed by atoms with E-state index in [9.17, 15) is 8.42 Å². The molecule has 1 unspecified atom stereocenters. The van der Waals surface area contributed by atoms with Crippen LogP contribution in [0.1, 0.15) is 18.1 Å². The van der Waals surface area contributed by atoms with Crippen LogP contribution in [0.5, 0.6) is 0 Å². The Kier molecular flexibility index (Phi) is 3.25. The number of hydrogen-bond acceptors (Lipinski definition) is 6. The topological polar surface area (TPSA) is 93.3 Å². The molecule has 0 aromatic carbocycles. The van der Waals surface area contributed by atoms with Crippen LogP contribution in [0.25, 0.3) is 0 Å². The SMILES string of the molecule is O=S1(=O)CCC(Cc2noc(CCO)n2)C1. The molecule has 0 amide bonds. The van der Waals surface area contributed by atoms with Crippen molar-refractivity contribution in [1.29, 1.82) is 0 Å². The van der Waals surface area contributed by atoms with Crippen LogP contribution in [0.15, 0.2) is 4.52 Å². The van der Waals surface area contributed by atoms with Gasteiger partial charge in [0.25, 0.3) is 0 Å². The van der Waals surface area contributed by atoms with E-state index in [4.69, 9.17) is 9.63 Å². The van der Waals surface area contributed by atoms with Crippen molar-refractivity contribution in [1.82, 2.24) is 10.1 Å². The molecule has 0 saturated carbocycles. The smallest absolute Gasteiger partial charge is 0.228 e. The number of nitrogens with zero attached hydrogens (tertiary/aromatic N) is 2. The van der Waals surface area contributed by atoms with Gasteiger partial charge in [-0.3, -0.25) is 0 Å². The van der Waals surface area contributed by atoms with Crippen LogP contribution in [0.2, 0.25) is 0 Å². The molecule has 1 saturated heterocycles. The van der Waals surface area contributed by atoms with Crippen molar-refractivity contribution in [2.75, 3.05) is 18.1 Å². The van der Waals surface area contributed by atoms with Crippen molar-refractivity contribution in [3.63, 3.8) is 0 Å². The average molecular weight is 246 g/mol. The zero-order valence-corrected chi connectivity index (χ0v) is 9.61. The highest BCUT2D eigenvalue weighted by atomic mass is 32.2. The number of aliphatic hydroxyl groups excluding tert-OH is 1. The minimum Gasteiger partial charge on any atom is -0.396 e. The molecule has 0 aliphatic carbocycles. The molecule has 1 aromatic rings. The quantitative estimate of drug-likeness (QED) is 0.775. The third-order valence-electron chi connectivity index (χ3n) is 2.63. The van der Waals surface area contributed by atoms with E-state index in [1.165, 1.54) is 0 Å². The van der Waals surface area contributed by atoms with Crippen molar-refractivity contribution < 1.29 is 18.0 Å². The van der Waals surface area contributed by atoms with Gasteiger partial charge in [-0.25, -0.2) is 8.42 Å². The van der Waals surface area contributed by atoms with Crippen molar-refractivity contribution in [3.05, 3.63) is 11.7 Å². The van der Waals surface area contributed by atoms with Gasteiger partial charge < -0.3 is 9.63 Å². The summed E-state index contributed by atoms with van der Waals surface area (Å²) in [4.78, 5) is 4.08. The predicted octanol–water partition coefficient (Wildman–Crippen LogP) is -0.418. The largest absolute Gasteiger partial charge is 0.396 e. The number of sulfone groups is 1. The Labute approximate surface area is 93.6 Å². The van der Waals surface area contributed by atoms with E-state index >= 15 is 0 Å². The second-order valence-electron chi connectivity index (χ2n) is 4.05. The number of hydrogen-bond donors (Lipinski definition) is 1. The molecule has 16 heavy (non-hydrogen) atoms. The highest BCUT2D eigenvalue weighted by Crippen LogP contribution is 2.21. The maximum Gasteiger partial charge on any atom is 0.228 e. The minimum atomic E-state index is -2.85. The van der Waals surface area contributed by atoms with Crippen LogP contribution in [0.3, 0.4) is 0 Å². The van der Waals surface area contributed by atoms with Crippen LogP contribution < -0.4 is 0 Å². The lowest BCUT2D eigenvalue weighted by atomic mass is 10.1. The van der Waals surface area contributed by atoms with Crippen LogP contribution in [0.4, 0.5) is 0 Å². The second-order valence-corrected chi connectivity index (χ2v) is 6.28. The minimum absolute atomic E-state index is 0.0283. The molecule has 7 heteroatoms. The molecule has 0 bridgehead atoms. The molecule has 1 atom stereocenters. The Morgan fingerprint density at radius 1 is 1.50 bits per heavy atom. The second kappa shape index (κ2) is 4.50. The van der Waals surface area contributed by atoms with E-state index in [0.29, 0.717) is 31.0 Å². The molecule has 1 fully saturated rings. The maximum atomic E-state index is 11.2. The lowest BCUT2D eigenvalue weighted by molar-refractivity contribution is 0.273. The lowest BCUT2D eigenvalue weighted by Gasteiger charge is -2.01. The van der Waals surface area contributed by atoms with E-state index in [-0.39, 0.29) is 24.0 Å². The fraction of sp³-hybridized carbons (Fsp3) is 0.778. The van der Waals surface area contributed by atoms with Crippen molar-refractivity contribution >= 4 is 9.84 Å². The summed E-state index contributed by atoms with van der Waals surface area (Å²) in [7, 11) is -2.85. The molecule has 90 valence electrons. The summed E-state index contributed by atoms with van der Waals surface area (Å²) in [6.07, 6.45) is 1.55. The van der Waals surface area contributed by atoms with Crippen LogP contribution in [-0.4, -0.2) is 41.8 Å². The Balaban J connectivity index is 1.94. The van der Waals surface area contributed by atoms with E-state index in [2.05, 4.69) is 10.1 Å². The van der Waals surface area contributed by atoms with Gasteiger partial charge in [0.1, 0.15) is 0 Å². The summed E-state index contributed by atoms with van der Waals surface area (Å²) >= 11 is 0. The van der Waals surface area contributed by atoms with Crippen molar-refractivity contribution in [2.24, 2.45) is 5.92 Å². The van der Waals surface area contributed by atoms with E-state index in [1.54, 1.807) is 0 Å². The van der Waals surface area contributed by atoms with Gasteiger partial charge in [-0.15, -0.1) is 0 Å². The van der Waals surface area contributed by atoms with Crippen LogP contribution in [-0.2, 0) is 22.7 Å². The molecular weight excluding hydrogens is 232 g/mol. The monoisotopic (exact) mass is 246 g/mol. The first-order valence-electron chi connectivity index (χ1n) is 5.22.